The third-order valence-corrected chi connectivity index (χ3v) is 3.32. The molecule has 136 valence electrons. The van der Waals surface area contributed by atoms with Crippen molar-refractivity contribution in [2.75, 3.05) is 38.7 Å². The second-order valence-corrected chi connectivity index (χ2v) is 5.31. The molecule has 1 rings (SSSR count). The summed E-state index contributed by atoms with van der Waals surface area (Å²) >= 11 is 6.09. The first-order valence-corrected chi connectivity index (χ1v) is 8.03. The minimum absolute atomic E-state index is 0. The highest BCUT2D eigenvalue weighted by Crippen LogP contribution is 2.22. The van der Waals surface area contributed by atoms with Crippen LogP contribution in [-0.2, 0) is 9.53 Å². The summed E-state index contributed by atoms with van der Waals surface area (Å²) in [7, 11) is 1.68. The highest BCUT2D eigenvalue weighted by molar-refractivity contribution is 14.0. The molecular formula is C16H26ClIN4O2. The third kappa shape index (κ3) is 9.29. The van der Waals surface area contributed by atoms with Crippen LogP contribution in [0, 0.1) is 6.92 Å². The van der Waals surface area contributed by atoms with Crippen LogP contribution in [0.3, 0.4) is 0 Å². The average molecular weight is 469 g/mol. The number of hydrogen-bond donors (Lipinski definition) is 3. The summed E-state index contributed by atoms with van der Waals surface area (Å²) in [6.07, 6.45) is 0.316. The molecular weight excluding hydrogens is 443 g/mol. The number of benzene rings is 1. The number of aliphatic imine (C=N–C) groups is 1. The lowest BCUT2D eigenvalue weighted by Crippen LogP contribution is -2.40. The van der Waals surface area contributed by atoms with E-state index < -0.39 is 0 Å². The summed E-state index contributed by atoms with van der Waals surface area (Å²) in [5.41, 5.74) is 1.68. The summed E-state index contributed by atoms with van der Waals surface area (Å²) in [4.78, 5) is 16.0. The molecule has 0 saturated carbocycles. The summed E-state index contributed by atoms with van der Waals surface area (Å²) in [5, 5.41) is 9.52. The largest absolute Gasteiger partial charge is 0.380 e. The summed E-state index contributed by atoms with van der Waals surface area (Å²) in [6.45, 7) is 6.35. The summed E-state index contributed by atoms with van der Waals surface area (Å²) < 4.78 is 5.24. The van der Waals surface area contributed by atoms with Crippen molar-refractivity contribution in [3.63, 3.8) is 0 Å². The van der Waals surface area contributed by atoms with Gasteiger partial charge in [-0.05, 0) is 31.5 Å². The number of aryl methyl sites for hydroxylation is 1. The van der Waals surface area contributed by atoms with Crippen LogP contribution in [0.2, 0.25) is 5.02 Å². The van der Waals surface area contributed by atoms with Crippen molar-refractivity contribution in [1.29, 1.82) is 0 Å². The van der Waals surface area contributed by atoms with Crippen molar-refractivity contribution in [3.05, 3.63) is 28.8 Å². The second-order valence-electron chi connectivity index (χ2n) is 4.90. The molecule has 0 aliphatic heterocycles. The Morgan fingerprint density at radius 3 is 2.62 bits per heavy atom. The number of amides is 1. The zero-order valence-electron chi connectivity index (χ0n) is 14.3. The Kier molecular flexibility index (Phi) is 12.7. The highest BCUT2D eigenvalue weighted by Gasteiger charge is 2.06. The van der Waals surface area contributed by atoms with Gasteiger partial charge in [-0.15, -0.1) is 24.0 Å². The van der Waals surface area contributed by atoms with Gasteiger partial charge >= 0.3 is 0 Å². The first kappa shape index (κ1) is 22.9. The van der Waals surface area contributed by atoms with E-state index >= 15 is 0 Å². The molecule has 0 atom stereocenters. The number of carbonyl (C=O) groups is 1. The van der Waals surface area contributed by atoms with Gasteiger partial charge in [0.15, 0.2) is 5.96 Å². The molecule has 0 bridgehead atoms. The number of anilines is 1. The fourth-order valence-electron chi connectivity index (χ4n) is 1.84. The Morgan fingerprint density at radius 1 is 1.29 bits per heavy atom. The van der Waals surface area contributed by atoms with E-state index in [0.29, 0.717) is 49.4 Å². The van der Waals surface area contributed by atoms with Crippen LogP contribution in [0.1, 0.15) is 18.9 Å². The van der Waals surface area contributed by atoms with E-state index in [1.165, 1.54) is 0 Å². The van der Waals surface area contributed by atoms with Gasteiger partial charge in [-0.3, -0.25) is 9.79 Å². The SMILES string of the molecule is CCOCCNC(=NC)NCCC(=O)Nc1ccc(C)cc1Cl.I. The minimum atomic E-state index is -0.104. The molecule has 0 aromatic heterocycles. The van der Waals surface area contributed by atoms with Crippen molar-refractivity contribution in [3.8, 4) is 0 Å². The van der Waals surface area contributed by atoms with Crippen molar-refractivity contribution in [2.24, 2.45) is 4.99 Å². The lowest BCUT2D eigenvalue weighted by Gasteiger charge is -2.12. The van der Waals surface area contributed by atoms with Gasteiger partial charge in [-0.1, -0.05) is 17.7 Å². The van der Waals surface area contributed by atoms with E-state index in [1.807, 2.05) is 26.0 Å². The Balaban J connectivity index is 0.00000529. The molecule has 1 amide bonds. The van der Waals surface area contributed by atoms with Crippen LogP contribution in [0.5, 0.6) is 0 Å². The van der Waals surface area contributed by atoms with Crippen molar-refractivity contribution in [2.45, 2.75) is 20.3 Å². The predicted octanol–water partition coefficient (Wildman–Crippen LogP) is 2.80. The maximum Gasteiger partial charge on any atom is 0.226 e. The molecule has 3 N–H and O–H groups in total. The molecule has 8 heteroatoms. The number of halogens is 2. The standard InChI is InChI=1S/C16H25ClN4O2.HI/c1-4-23-10-9-20-16(18-3)19-8-7-15(22)21-14-6-5-12(2)11-13(14)17;/h5-6,11H,4,7-10H2,1-3H3,(H,21,22)(H2,18,19,20);1H. The van der Waals surface area contributed by atoms with Crippen LogP contribution < -0.4 is 16.0 Å². The summed E-state index contributed by atoms with van der Waals surface area (Å²) in [5.74, 6) is 0.541. The van der Waals surface area contributed by atoms with Crippen LogP contribution in [0.4, 0.5) is 5.69 Å². The molecule has 0 saturated heterocycles. The molecule has 0 heterocycles. The number of nitrogens with one attached hydrogen (secondary N) is 3. The summed E-state index contributed by atoms with van der Waals surface area (Å²) in [6, 6.07) is 5.53. The molecule has 0 aliphatic carbocycles. The fourth-order valence-corrected chi connectivity index (χ4v) is 2.12. The number of rotatable bonds is 8. The number of hydrogen-bond acceptors (Lipinski definition) is 3. The van der Waals surface area contributed by atoms with E-state index in [-0.39, 0.29) is 29.9 Å². The monoisotopic (exact) mass is 468 g/mol. The Morgan fingerprint density at radius 2 is 2.00 bits per heavy atom. The first-order chi connectivity index (χ1) is 11.1. The van der Waals surface area contributed by atoms with E-state index in [0.717, 1.165) is 5.56 Å². The molecule has 0 radical (unpaired) electrons. The van der Waals surface area contributed by atoms with Crippen molar-refractivity contribution < 1.29 is 9.53 Å². The molecule has 0 aliphatic rings. The molecule has 1 aromatic rings. The van der Waals surface area contributed by atoms with Gasteiger partial charge in [0, 0.05) is 33.2 Å². The van der Waals surface area contributed by atoms with E-state index in [4.69, 9.17) is 16.3 Å². The average Bonchev–Trinajstić information content (AvgIpc) is 2.52. The second kappa shape index (κ2) is 13.3. The van der Waals surface area contributed by atoms with Crippen LogP contribution in [0.15, 0.2) is 23.2 Å². The Labute approximate surface area is 165 Å². The lowest BCUT2D eigenvalue weighted by atomic mass is 10.2. The third-order valence-electron chi connectivity index (χ3n) is 3.01. The lowest BCUT2D eigenvalue weighted by molar-refractivity contribution is -0.116. The quantitative estimate of drug-likeness (QED) is 0.237. The first-order valence-electron chi connectivity index (χ1n) is 7.65. The number of ether oxygens (including phenoxy) is 1. The number of nitrogens with zero attached hydrogens (tertiary/aromatic N) is 1. The molecule has 0 spiro atoms. The topological polar surface area (TPSA) is 74.8 Å². The molecule has 6 nitrogen and oxygen atoms in total. The predicted molar refractivity (Wildman–Crippen MR) is 111 cm³/mol. The number of carbonyl (C=O) groups excluding carboxylic acids is 1. The van der Waals surface area contributed by atoms with E-state index in [2.05, 4.69) is 20.9 Å². The van der Waals surface area contributed by atoms with Gasteiger partial charge in [0.2, 0.25) is 5.91 Å². The smallest absolute Gasteiger partial charge is 0.226 e. The number of guanidine groups is 1. The fraction of sp³-hybridized carbons (Fsp3) is 0.500. The van der Waals surface area contributed by atoms with Crippen LogP contribution in [0.25, 0.3) is 0 Å². The van der Waals surface area contributed by atoms with Crippen molar-refractivity contribution >= 4 is 53.1 Å². The van der Waals surface area contributed by atoms with Gasteiger partial charge in [0.1, 0.15) is 0 Å². The van der Waals surface area contributed by atoms with Crippen LogP contribution in [-0.4, -0.2) is 45.2 Å². The maximum atomic E-state index is 11.9. The van der Waals surface area contributed by atoms with Gasteiger partial charge in [-0.2, -0.15) is 0 Å². The van der Waals surface area contributed by atoms with Gasteiger partial charge < -0.3 is 20.7 Å². The van der Waals surface area contributed by atoms with E-state index in [1.54, 1.807) is 13.1 Å². The minimum Gasteiger partial charge on any atom is -0.380 e. The van der Waals surface area contributed by atoms with Gasteiger partial charge in [0.25, 0.3) is 0 Å². The van der Waals surface area contributed by atoms with E-state index in [9.17, 15) is 4.79 Å². The zero-order valence-corrected chi connectivity index (χ0v) is 17.4. The molecule has 0 unspecified atom stereocenters. The highest BCUT2D eigenvalue weighted by atomic mass is 127. The molecule has 1 aromatic carbocycles. The van der Waals surface area contributed by atoms with Gasteiger partial charge in [-0.25, -0.2) is 0 Å². The Hall–Kier alpha value is -1.06. The van der Waals surface area contributed by atoms with Crippen molar-refractivity contribution in [1.82, 2.24) is 10.6 Å². The maximum absolute atomic E-state index is 11.9. The normalized spacial score (nSPS) is 10.8. The molecule has 0 fully saturated rings. The Bertz CT molecular complexity index is 541. The van der Waals surface area contributed by atoms with Gasteiger partial charge in [0.05, 0.1) is 17.3 Å². The van der Waals surface area contributed by atoms with Crippen LogP contribution >= 0.6 is 35.6 Å². The molecule has 24 heavy (non-hydrogen) atoms. The zero-order chi connectivity index (χ0) is 17.1.